The summed E-state index contributed by atoms with van der Waals surface area (Å²) < 4.78 is 12.5. The molecule has 1 nitrogen and oxygen atoms in total. The molecule has 0 aromatic carbocycles. The second kappa shape index (κ2) is 3.54. The summed E-state index contributed by atoms with van der Waals surface area (Å²) in [6.45, 7) is 4.21. The van der Waals surface area contributed by atoms with Crippen molar-refractivity contribution < 1.29 is 4.39 Å². The van der Waals surface area contributed by atoms with Crippen molar-refractivity contribution in [2.45, 2.75) is 24.9 Å². The third-order valence-electron chi connectivity index (χ3n) is 1.72. The molecule has 60 valence electrons. The van der Waals surface area contributed by atoms with Crippen molar-refractivity contribution in [1.82, 2.24) is 4.90 Å². The largest absolute Gasteiger partial charge is 0.299 e. The highest BCUT2D eigenvalue weighted by Crippen LogP contribution is 2.13. The molecule has 1 heterocycles. The number of halogens is 2. The molecule has 0 spiro atoms. The topological polar surface area (TPSA) is 3.24 Å². The van der Waals surface area contributed by atoms with E-state index in [-0.39, 0.29) is 5.38 Å². The predicted molar refractivity (Wildman–Crippen MR) is 41.3 cm³/mol. The maximum Gasteiger partial charge on any atom is 0.114 e. The van der Waals surface area contributed by atoms with Gasteiger partial charge in [-0.25, -0.2) is 4.39 Å². The van der Waals surface area contributed by atoms with E-state index in [0.29, 0.717) is 13.0 Å². The summed E-state index contributed by atoms with van der Waals surface area (Å²) in [5.74, 6) is 0. The van der Waals surface area contributed by atoms with Gasteiger partial charge in [0, 0.05) is 25.0 Å². The summed E-state index contributed by atoms with van der Waals surface area (Å²) in [6.07, 6.45) is 0.0688. The van der Waals surface area contributed by atoms with Gasteiger partial charge in [-0.05, 0) is 13.3 Å². The van der Waals surface area contributed by atoms with Crippen LogP contribution in [0.15, 0.2) is 0 Å². The van der Waals surface area contributed by atoms with E-state index in [2.05, 4.69) is 4.90 Å². The summed E-state index contributed by atoms with van der Waals surface area (Å²) in [5.41, 5.74) is 0. The summed E-state index contributed by atoms with van der Waals surface area (Å²) >= 11 is 5.74. The SMILES string of the molecule is CC(Cl)CN1CC[C@@H](F)C1. The average Bonchev–Trinajstić information content (AvgIpc) is 2.13. The van der Waals surface area contributed by atoms with Crippen molar-refractivity contribution in [2.75, 3.05) is 19.6 Å². The molecule has 0 aromatic heterocycles. The highest BCUT2D eigenvalue weighted by atomic mass is 35.5. The Kier molecular flexibility index (Phi) is 2.93. The summed E-state index contributed by atoms with van der Waals surface area (Å²) in [6, 6.07) is 0. The lowest BCUT2D eigenvalue weighted by Crippen LogP contribution is -2.26. The maximum atomic E-state index is 12.5. The molecule has 1 rings (SSSR count). The van der Waals surface area contributed by atoms with Crippen LogP contribution in [0.1, 0.15) is 13.3 Å². The van der Waals surface area contributed by atoms with E-state index in [9.17, 15) is 4.39 Å². The van der Waals surface area contributed by atoms with E-state index in [4.69, 9.17) is 11.6 Å². The van der Waals surface area contributed by atoms with E-state index in [0.717, 1.165) is 13.1 Å². The molecule has 0 bridgehead atoms. The lowest BCUT2D eigenvalue weighted by atomic mass is 10.3. The van der Waals surface area contributed by atoms with Crippen molar-refractivity contribution in [3.63, 3.8) is 0 Å². The first-order valence-corrected chi connectivity index (χ1v) is 4.12. The van der Waals surface area contributed by atoms with Crippen LogP contribution in [0.5, 0.6) is 0 Å². The van der Waals surface area contributed by atoms with E-state index in [1.807, 2.05) is 6.92 Å². The molecule has 0 amide bonds. The fourth-order valence-corrected chi connectivity index (χ4v) is 1.50. The van der Waals surface area contributed by atoms with E-state index < -0.39 is 6.17 Å². The third kappa shape index (κ3) is 2.43. The molecule has 0 aromatic rings. The van der Waals surface area contributed by atoms with Crippen LogP contribution < -0.4 is 0 Å². The van der Waals surface area contributed by atoms with Crippen LogP contribution in [0.4, 0.5) is 4.39 Å². The van der Waals surface area contributed by atoms with Crippen LogP contribution >= 0.6 is 11.6 Å². The van der Waals surface area contributed by atoms with E-state index in [1.165, 1.54) is 0 Å². The molecule has 1 aliphatic heterocycles. The Morgan fingerprint density at radius 1 is 1.80 bits per heavy atom. The van der Waals surface area contributed by atoms with Gasteiger partial charge in [-0.3, -0.25) is 4.90 Å². The minimum atomic E-state index is -0.615. The molecular weight excluding hydrogens is 153 g/mol. The molecule has 0 aliphatic carbocycles. The van der Waals surface area contributed by atoms with Crippen LogP contribution in [0.3, 0.4) is 0 Å². The number of nitrogens with zero attached hydrogens (tertiary/aromatic N) is 1. The van der Waals surface area contributed by atoms with Crippen LogP contribution in [-0.4, -0.2) is 36.1 Å². The Balaban J connectivity index is 2.18. The molecular formula is C7H13ClFN. The molecule has 10 heavy (non-hydrogen) atoms. The van der Waals surface area contributed by atoms with Gasteiger partial charge in [0.15, 0.2) is 0 Å². The van der Waals surface area contributed by atoms with Gasteiger partial charge in [0.2, 0.25) is 0 Å². The Morgan fingerprint density at radius 2 is 2.50 bits per heavy atom. The zero-order chi connectivity index (χ0) is 7.56. The van der Waals surface area contributed by atoms with Gasteiger partial charge in [-0.1, -0.05) is 0 Å². The van der Waals surface area contributed by atoms with Gasteiger partial charge in [-0.2, -0.15) is 0 Å². The highest BCUT2D eigenvalue weighted by molar-refractivity contribution is 6.20. The first kappa shape index (κ1) is 8.28. The second-order valence-electron chi connectivity index (χ2n) is 2.93. The maximum absolute atomic E-state index is 12.5. The Labute approximate surface area is 66.2 Å². The van der Waals surface area contributed by atoms with E-state index in [1.54, 1.807) is 0 Å². The number of likely N-dealkylation sites (tertiary alicyclic amines) is 1. The summed E-state index contributed by atoms with van der Waals surface area (Å²) in [4.78, 5) is 2.07. The molecule has 0 saturated carbocycles. The van der Waals surface area contributed by atoms with Gasteiger partial charge in [0.1, 0.15) is 6.17 Å². The summed E-state index contributed by atoms with van der Waals surface area (Å²) in [5, 5.41) is 0.144. The van der Waals surface area contributed by atoms with Crippen molar-refractivity contribution in [3.05, 3.63) is 0 Å². The standard InChI is InChI=1S/C7H13ClFN/c1-6(8)4-10-3-2-7(9)5-10/h6-7H,2-5H2,1H3/t6?,7-/m1/s1. The van der Waals surface area contributed by atoms with Gasteiger partial charge >= 0.3 is 0 Å². The molecule has 0 radical (unpaired) electrons. The number of alkyl halides is 2. The zero-order valence-electron chi connectivity index (χ0n) is 6.19. The van der Waals surface area contributed by atoms with Crippen molar-refractivity contribution in [3.8, 4) is 0 Å². The fraction of sp³-hybridized carbons (Fsp3) is 1.00. The zero-order valence-corrected chi connectivity index (χ0v) is 6.94. The Hall–Kier alpha value is 0.180. The lowest BCUT2D eigenvalue weighted by Gasteiger charge is -2.15. The van der Waals surface area contributed by atoms with Crippen LogP contribution in [-0.2, 0) is 0 Å². The molecule has 1 aliphatic rings. The smallest absolute Gasteiger partial charge is 0.114 e. The highest BCUT2D eigenvalue weighted by Gasteiger charge is 2.21. The van der Waals surface area contributed by atoms with Crippen molar-refractivity contribution >= 4 is 11.6 Å². The Morgan fingerprint density at radius 3 is 2.90 bits per heavy atom. The molecule has 2 atom stereocenters. The minimum absolute atomic E-state index is 0.144. The Bertz CT molecular complexity index is 108. The van der Waals surface area contributed by atoms with Gasteiger partial charge in [0.25, 0.3) is 0 Å². The first-order chi connectivity index (χ1) is 4.68. The van der Waals surface area contributed by atoms with Crippen LogP contribution in [0.25, 0.3) is 0 Å². The monoisotopic (exact) mass is 165 g/mol. The van der Waals surface area contributed by atoms with E-state index >= 15 is 0 Å². The van der Waals surface area contributed by atoms with Crippen LogP contribution in [0.2, 0.25) is 0 Å². The first-order valence-electron chi connectivity index (χ1n) is 3.69. The van der Waals surface area contributed by atoms with Gasteiger partial charge in [-0.15, -0.1) is 11.6 Å². The molecule has 0 N–H and O–H groups in total. The van der Waals surface area contributed by atoms with Gasteiger partial charge < -0.3 is 0 Å². The normalized spacial score (nSPS) is 30.9. The number of hydrogen-bond donors (Lipinski definition) is 0. The number of hydrogen-bond acceptors (Lipinski definition) is 1. The molecule has 1 fully saturated rings. The second-order valence-corrected chi connectivity index (χ2v) is 3.67. The van der Waals surface area contributed by atoms with Crippen LogP contribution in [0, 0.1) is 0 Å². The quantitative estimate of drug-likeness (QED) is 0.563. The third-order valence-corrected chi connectivity index (χ3v) is 1.86. The lowest BCUT2D eigenvalue weighted by molar-refractivity contribution is 0.290. The summed E-state index contributed by atoms with van der Waals surface area (Å²) in [7, 11) is 0. The molecule has 1 unspecified atom stereocenters. The van der Waals surface area contributed by atoms with Crippen molar-refractivity contribution in [1.29, 1.82) is 0 Å². The van der Waals surface area contributed by atoms with Gasteiger partial charge in [0.05, 0.1) is 0 Å². The minimum Gasteiger partial charge on any atom is -0.299 e. The molecule has 1 saturated heterocycles. The fourth-order valence-electron chi connectivity index (χ4n) is 1.31. The van der Waals surface area contributed by atoms with Crippen molar-refractivity contribution in [2.24, 2.45) is 0 Å². The predicted octanol–water partition coefficient (Wildman–Crippen LogP) is 1.66. The average molecular weight is 166 g/mol. The molecule has 3 heteroatoms. The number of rotatable bonds is 2.